The summed E-state index contributed by atoms with van der Waals surface area (Å²) in [4.78, 5) is 1.26. The molecule has 1 aliphatic rings. The molecule has 1 atom stereocenters. The fraction of sp³-hybridized carbons (Fsp3) is 0.529. The van der Waals surface area contributed by atoms with Crippen LogP contribution in [0.1, 0.15) is 66.3 Å². The van der Waals surface area contributed by atoms with Crippen LogP contribution in [0.15, 0.2) is 24.3 Å². The van der Waals surface area contributed by atoms with Crippen LogP contribution < -0.4 is 5.32 Å². The van der Waals surface area contributed by atoms with Gasteiger partial charge in [-0.1, -0.05) is 42.1 Å². The van der Waals surface area contributed by atoms with E-state index in [0.717, 1.165) is 24.6 Å². The first-order valence-electron chi connectivity index (χ1n) is 7.92. The molecule has 21 heavy (non-hydrogen) atoms. The quantitative estimate of drug-likeness (QED) is 0.869. The molecule has 1 unspecified atom stereocenters. The number of benzene rings is 1. The molecule has 1 aliphatic carbocycles. The topological polar surface area (TPSA) is 37.8 Å². The first-order valence-corrected chi connectivity index (χ1v) is 8.69. The second-order valence-corrected chi connectivity index (χ2v) is 6.65. The average Bonchev–Trinajstić information content (AvgIpc) is 2.85. The molecule has 2 aromatic rings. The third kappa shape index (κ3) is 3.01. The van der Waals surface area contributed by atoms with Gasteiger partial charge in [-0.25, -0.2) is 0 Å². The highest BCUT2D eigenvalue weighted by Crippen LogP contribution is 2.41. The maximum Gasteiger partial charge on any atom is 0.0776 e. The highest BCUT2D eigenvalue weighted by atomic mass is 32.1. The second-order valence-electron chi connectivity index (χ2n) is 5.87. The van der Waals surface area contributed by atoms with Gasteiger partial charge in [0, 0.05) is 0 Å². The van der Waals surface area contributed by atoms with Crippen LogP contribution in [0.2, 0.25) is 0 Å². The molecule has 0 amide bonds. The Kier molecular flexibility index (Phi) is 4.66. The van der Waals surface area contributed by atoms with E-state index >= 15 is 0 Å². The number of aryl methyl sites for hydroxylation is 1. The van der Waals surface area contributed by atoms with Crippen LogP contribution >= 0.6 is 11.5 Å². The molecule has 0 saturated heterocycles. The number of nitrogens with zero attached hydrogens (tertiary/aromatic N) is 2. The normalized spacial score (nSPS) is 16.7. The van der Waals surface area contributed by atoms with Crippen molar-refractivity contribution in [2.24, 2.45) is 0 Å². The van der Waals surface area contributed by atoms with Gasteiger partial charge in [0.1, 0.15) is 0 Å². The molecule has 1 aromatic carbocycles. The maximum absolute atomic E-state index is 4.21. The van der Waals surface area contributed by atoms with E-state index in [4.69, 9.17) is 0 Å². The standard InChI is InChI=1S/C17H23N3S/c1-3-11-18-16(17-12(2)19-20-21-17)15-10-5-4-9-14(15)13-7-6-8-13/h4-5,9-10,13,16,18H,3,6-8,11H2,1-2H3. The third-order valence-corrected chi connectivity index (χ3v) is 5.29. The Morgan fingerprint density at radius 3 is 2.76 bits per heavy atom. The van der Waals surface area contributed by atoms with E-state index in [1.165, 1.54) is 46.8 Å². The number of nitrogens with one attached hydrogen (secondary N) is 1. The Morgan fingerprint density at radius 2 is 2.14 bits per heavy atom. The van der Waals surface area contributed by atoms with Crippen molar-refractivity contribution >= 4 is 11.5 Å². The zero-order chi connectivity index (χ0) is 14.7. The van der Waals surface area contributed by atoms with Crippen LogP contribution in [0.4, 0.5) is 0 Å². The summed E-state index contributed by atoms with van der Waals surface area (Å²) in [6.45, 7) is 5.28. The lowest BCUT2D eigenvalue weighted by Gasteiger charge is -2.30. The lowest BCUT2D eigenvalue weighted by molar-refractivity contribution is 0.414. The summed E-state index contributed by atoms with van der Waals surface area (Å²) in [5.74, 6) is 0.744. The molecule has 1 N–H and O–H groups in total. The Labute approximate surface area is 131 Å². The monoisotopic (exact) mass is 301 g/mol. The molecule has 1 heterocycles. The van der Waals surface area contributed by atoms with Crippen LogP contribution in [0.3, 0.4) is 0 Å². The van der Waals surface area contributed by atoms with Gasteiger partial charge in [0.05, 0.1) is 16.6 Å². The fourth-order valence-electron chi connectivity index (χ4n) is 3.00. The Hall–Kier alpha value is -1.26. The molecule has 0 radical (unpaired) electrons. The van der Waals surface area contributed by atoms with Crippen molar-refractivity contribution in [3.63, 3.8) is 0 Å². The highest BCUT2D eigenvalue weighted by molar-refractivity contribution is 7.05. The van der Waals surface area contributed by atoms with Crippen LogP contribution in [-0.4, -0.2) is 16.1 Å². The van der Waals surface area contributed by atoms with Gasteiger partial charge < -0.3 is 5.32 Å². The van der Waals surface area contributed by atoms with Crippen LogP contribution in [-0.2, 0) is 0 Å². The van der Waals surface area contributed by atoms with Crippen LogP contribution in [0, 0.1) is 6.92 Å². The smallest absolute Gasteiger partial charge is 0.0776 e. The van der Waals surface area contributed by atoms with E-state index in [1.807, 2.05) is 0 Å². The van der Waals surface area contributed by atoms with Crippen molar-refractivity contribution in [2.45, 2.75) is 51.5 Å². The van der Waals surface area contributed by atoms with Gasteiger partial charge in [-0.3, -0.25) is 0 Å². The van der Waals surface area contributed by atoms with Gasteiger partial charge in [0.25, 0.3) is 0 Å². The average molecular weight is 301 g/mol. The second kappa shape index (κ2) is 6.67. The maximum atomic E-state index is 4.21. The zero-order valence-corrected chi connectivity index (χ0v) is 13.6. The summed E-state index contributed by atoms with van der Waals surface area (Å²) in [5, 5.41) is 7.91. The molecule has 3 rings (SSSR count). The van der Waals surface area contributed by atoms with Crippen molar-refractivity contribution < 1.29 is 0 Å². The largest absolute Gasteiger partial charge is 0.305 e. The first kappa shape index (κ1) is 14.7. The Bertz CT molecular complexity index is 589. The molecule has 1 aromatic heterocycles. The Balaban J connectivity index is 1.98. The van der Waals surface area contributed by atoms with Crippen molar-refractivity contribution in [3.8, 4) is 0 Å². The number of rotatable bonds is 6. The molecular weight excluding hydrogens is 278 g/mol. The minimum Gasteiger partial charge on any atom is -0.305 e. The van der Waals surface area contributed by atoms with E-state index in [9.17, 15) is 0 Å². The van der Waals surface area contributed by atoms with E-state index in [1.54, 1.807) is 0 Å². The predicted molar refractivity (Wildman–Crippen MR) is 87.8 cm³/mol. The van der Waals surface area contributed by atoms with E-state index in [2.05, 4.69) is 53.0 Å². The molecule has 1 saturated carbocycles. The van der Waals surface area contributed by atoms with Gasteiger partial charge in [0.15, 0.2) is 0 Å². The zero-order valence-electron chi connectivity index (χ0n) is 12.8. The first-order chi connectivity index (χ1) is 10.3. The summed E-state index contributed by atoms with van der Waals surface area (Å²) in [6, 6.07) is 9.15. The van der Waals surface area contributed by atoms with Crippen molar-refractivity contribution in [1.29, 1.82) is 0 Å². The van der Waals surface area contributed by atoms with Crippen molar-refractivity contribution in [2.75, 3.05) is 6.54 Å². The molecular formula is C17H23N3S. The SMILES string of the molecule is CCCNC(c1ccccc1C1CCC1)c1snnc1C. The number of hydrogen-bond acceptors (Lipinski definition) is 4. The molecule has 3 nitrogen and oxygen atoms in total. The molecule has 4 heteroatoms. The number of hydrogen-bond donors (Lipinski definition) is 1. The highest BCUT2D eigenvalue weighted by Gasteiger charge is 2.27. The molecule has 0 spiro atoms. The van der Waals surface area contributed by atoms with Gasteiger partial charge in [-0.15, -0.1) is 5.10 Å². The summed E-state index contributed by atoms with van der Waals surface area (Å²) in [7, 11) is 0. The lowest BCUT2D eigenvalue weighted by atomic mass is 9.77. The summed E-state index contributed by atoms with van der Waals surface area (Å²) in [6.07, 6.45) is 5.16. The Morgan fingerprint density at radius 1 is 1.33 bits per heavy atom. The summed E-state index contributed by atoms with van der Waals surface area (Å²) in [5.41, 5.74) is 3.99. The van der Waals surface area contributed by atoms with Gasteiger partial charge >= 0.3 is 0 Å². The van der Waals surface area contributed by atoms with E-state index in [0.29, 0.717) is 0 Å². The molecule has 112 valence electrons. The minimum absolute atomic E-state index is 0.238. The molecule has 0 aliphatic heterocycles. The predicted octanol–water partition coefficient (Wildman–Crippen LogP) is 4.20. The van der Waals surface area contributed by atoms with Gasteiger partial charge in [-0.05, 0) is 61.3 Å². The number of aromatic nitrogens is 2. The van der Waals surface area contributed by atoms with Crippen LogP contribution in [0.5, 0.6) is 0 Å². The third-order valence-electron chi connectivity index (χ3n) is 4.40. The molecule has 1 fully saturated rings. The summed E-state index contributed by atoms with van der Waals surface area (Å²) >= 11 is 1.53. The minimum atomic E-state index is 0.238. The fourth-order valence-corrected chi connectivity index (χ4v) is 3.74. The lowest BCUT2D eigenvalue weighted by Crippen LogP contribution is -2.25. The summed E-state index contributed by atoms with van der Waals surface area (Å²) < 4.78 is 4.14. The van der Waals surface area contributed by atoms with Crippen LogP contribution in [0.25, 0.3) is 0 Å². The van der Waals surface area contributed by atoms with E-state index in [-0.39, 0.29) is 6.04 Å². The van der Waals surface area contributed by atoms with E-state index < -0.39 is 0 Å². The van der Waals surface area contributed by atoms with Gasteiger partial charge in [-0.2, -0.15) is 0 Å². The van der Waals surface area contributed by atoms with Crippen molar-refractivity contribution in [3.05, 3.63) is 46.0 Å². The molecule has 0 bridgehead atoms. The van der Waals surface area contributed by atoms with Crippen molar-refractivity contribution in [1.82, 2.24) is 14.9 Å². The van der Waals surface area contributed by atoms with Gasteiger partial charge in [0.2, 0.25) is 0 Å².